The molecule has 0 aliphatic rings. The van der Waals surface area contributed by atoms with Gasteiger partial charge >= 0.3 is 0 Å². The van der Waals surface area contributed by atoms with Crippen molar-refractivity contribution < 1.29 is 22.4 Å². The van der Waals surface area contributed by atoms with Crippen LogP contribution in [0.4, 0.5) is 13.2 Å². The molecule has 0 aliphatic carbocycles. The molecular formula is C20H17F3N2O2. The van der Waals surface area contributed by atoms with Gasteiger partial charge in [-0.1, -0.05) is 36.4 Å². The molecule has 27 heavy (non-hydrogen) atoms. The van der Waals surface area contributed by atoms with Crippen LogP contribution in [-0.2, 0) is 0 Å². The predicted octanol–water partition coefficient (Wildman–Crippen LogP) is 5.22. The van der Waals surface area contributed by atoms with E-state index in [4.69, 9.17) is 4.42 Å². The molecule has 0 aliphatic heterocycles. The Kier molecular flexibility index (Phi) is 5.30. The number of aromatic nitrogens is 1. The molecule has 0 saturated carbocycles. The zero-order valence-electron chi connectivity index (χ0n) is 14.7. The van der Waals surface area contributed by atoms with Crippen LogP contribution in [0, 0.1) is 12.7 Å². The summed E-state index contributed by atoms with van der Waals surface area (Å²) in [4.78, 5) is 16.7. The van der Waals surface area contributed by atoms with Crippen molar-refractivity contribution in [1.82, 2.24) is 10.3 Å². The first-order valence-electron chi connectivity index (χ1n) is 8.28. The van der Waals surface area contributed by atoms with Crippen LogP contribution in [0.2, 0.25) is 0 Å². The van der Waals surface area contributed by atoms with E-state index in [9.17, 15) is 18.0 Å². The van der Waals surface area contributed by atoms with Gasteiger partial charge in [-0.15, -0.1) is 0 Å². The number of oxazole rings is 1. The number of carbonyl (C=O) groups is 1. The second kappa shape index (κ2) is 7.65. The summed E-state index contributed by atoms with van der Waals surface area (Å²) in [7, 11) is 0. The Balaban J connectivity index is 1.82. The van der Waals surface area contributed by atoms with Crippen molar-refractivity contribution in [3.8, 4) is 11.5 Å². The van der Waals surface area contributed by atoms with E-state index in [1.165, 1.54) is 19.1 Å². The number of carbonyl (C=O) groups excluding carboxylic acids is 1. The zero-order chi connectivity index (χ0) is 19.6. The van der Waals surface area contributed by atoms with Crippen molar-refractivity contribution in [3.63, 3.8) is 0 Å². The first kappa shape index (κ1) is 18.7. The van der Waals surface area contributed by atoms with Gasteiger partial charge in [0.05, 0.1) is 17.3 Å². The Hall–Kier alpha value is -3.09. The minimum absolute atomic E-state index is 0.00822. The lowest BCUT2D eigenvalue weighted by Crippen LogP contribution is -2.27. The van der Waals surface area contributed by atoms with E-state index in [1.54, 1.807) is 19.1 Å². The van der Waals surface area contributed by atoms with Gasteiger partial charge in [0.25, 0.3) is 12.3 Å². The lowest BCUT2D eigenvalue weighted by atomic mass is 10.0. The van der Waals surface area contributed by atoms with Gasteiger partial charge in [0.2, 0.25) is 11.7 Å². The highest BCUT2D eigenvalue weighted by Crippen LogP contribution is 2.28. The fourth-order valence-electron chi connectivity index (χ4n) is 2.72. The third kappa shape index (κ3) is 3.86. The maximum Gasteiger partial charge on any atom is 0.289 e. The quantitative estimate of drug-likeness (QED) is 0.666. The monoisotopic (exact) mass is 374 g/mol. The number of aryl methyl sites for hydroxylation is 1. The topological polar surface area (TPSA) is 55.1 Å². The van der Waals surface area contributed by atoms with Crippen molar-refractivity contribution in [1.29, 1.82) is 0 Å². The molecule has 4 nitrogen and oxygen atoms in total. The molecule has 0 unspecified atom stereocenters. The fraction of sp³-hybridized carbons (Fsp3) is 0.200. The molecule has 0 spiro atoms. The van der Waals surface area contributed by atoms with Gasteiger partial charge in [-0.2, -0.15) is 0 Å². The van der Waals surface area contributed by atoms with Gasteiger partial charge in [-0.3, -0.25) is 4.79 Å². The molecule has 0 bridgehead atoms. The SMILES string of the molecule is Cc1nc(-c2ccccc2)oc1C(=O)N[C@H](C)c1cccc(C(F)F)c1F. The average molecular weight is 374 g/mol. The van der Waals surface area contributed by atoms with E-state index in [0.29, 0.717) is 11.3 Å². The molecule has 1 N–H and O–H groups in total. The molecule has 0 saturated heterocycles. The van der Waals surface area contributed by atoms with E-state index in [0.717, 1.165) is 6.07 Å². The number of rotatable bonds is 5. The molecule has 1 aromatic heterocycles. The van der Waals surface area contributed by atoms with Crippen LogP contribution >= 0.6 is 0 Å². The molecule has 140 valence electrons. The number of nitrogens with one attached hydrogen (secondary N) is 1. The molecule has 2 aromatic carbocycles. The normalized spacial score (nSPS) is 12.2. The van der Waals surface area contributed by atoms with Gasteiger partial charge in [0, 0.05) is 11.1 Å². The predicted molar refractivity (Wildman–Crippen MR) is 93.9 cm³/mol. The van der Waals surface area contributed by atoms with Crippen molar-refractivity contribution in [3.05, 3.63) is 76.9 Å². The van der Waals surface area contributed by atoms with Gasteiger partial charge < -0.3 is 9.73 Å². The lowest BCUT2D eigenvalue weighted by molar-refractivity contribution is 0.0911. The lowest BCUT2D eigenvalue weighted by Gasteiger charge is -2.16. The summed E-state index contributed by atoms with van der Waals surface area (Å²) in [6.07, 6.45) is -2.93. The fourth-order valence-corrected chi connectivity index (χ4v) is 2.72. The van der Waals surface area contributed by atoms with Crippen molar-refractivity contribution in [2.45, 2.75) is 26.3 Å². The van der Waals surface area contributed by atoms with Crippen LogP contribution in [0.15, 0.2) is 52.9 Å². The van der Waals surface area contributed by atoms with Crippen LogP contribution in [0.3, 0.4) is 0 Å². The van der Waals surface area contributed by atoms with Gasteiger partial charge in [-0.25, -0.2) is 18.2 Å². The highest BCUT2D eigenvalue weighted by molar-refractivity contribution is 5.93. The van der Waals surface area contributed by atoms with Crippen LogP contribution in [0.5, 0.6) is 0 Å². The zero-order valence-corrected chi connectivity index (χ0v) is 14.7. The number of amides is 1. The summed E-state index contributed by atoms with van der Waals surface area (Å²) in [6, 6.07) is 11.9. The van der Waals surface area contributed by atoms with Crippen LogP contribution in [0.25, 0.3) is 11.5 Å². The molecule has 1 heterocycles. The Morgan fingerprint density at radius 1 is 1.07 bits per heavy atom. The van der Waals surface area contributed by atoms with Gasteiger partial charge in [0.15, 0.2) is 0 Å². The van der Waals surface area contributed by atoms with Crippen molar-refractivity contribution in [2.75, 3.05) is 0 Å². The molecule has 1 amide bonds. The van der Waals surface area contributed by atoms with Gasteiger partial charge in [0.1, 0.15) is 5.82 Å². The van der Waals surface area contributed by atoms with E-state index in [2.05, 4.69) is 10.3 Å². The molecule has 3 rings (SSSR count). The minimum atomic E-state index is -2.93. The molecule has 0 fully saturated rings. The Morgan fingerprint density at radius 2 is 1.74 bits per heavy atom. The van der Waals surface area contributed by atoms with Crippen molar-refractivity contribution in [2.24, 2.45) is 0 Å². The first-order chi connectivity index (χ1) is 12.9. The van der Waals surface area contributed by atoms with Crippen LogP contribution < -0.4 is 5.32 Å². The standard InChI is InChI=1S/C20H17F3N2O2/c1-11(14-9-6-10-15(16(14)21)18(22)23)24-19(26)17-12(2)25-20(27-17)13-7-4-3-5-8-13/h3-11,18H,1-2H3,(H,24,26)/t11-/m1/s1. The Labute approximate surface area is 154 Å². The second-order valence-corrected chi connectivity index (χ2v) is 6.05. The molecule has 3 aromatic rings. The van der Waals surface area contributed by atoms with Gasteiger partial charge in [-0.05, 0) is 26.0 Å². The minimum Gasteiger partial charge on any atom is -0.431 e. The number of benzene rings is 2. The van der Waals surface area contributed by atoms with Crippen LogP contribution in [0.1, 0.15) is 46.8 Å². The first-order valence-corrected chi connectivity index (χ1v) is 8.28. The van der Waals surface area contributed by atoms with Crippen molar-refractivity contribution >= 4 is 5.91 Å². The maximum absolute atomic E-state index is 14.3. The van der Waals surface area contributed by atoms with Crippen LogP contribution in [-0.4, -0.2) is 10.9 Å². The smallest absolute Gasteiger partial charge is 0.289 e. The summed E-state index contributed by atoms with van der Waals surface area (Å²) in [6.45, 7) is 3.13. The van der Waals surface area contributed by atoms with E-state index in [1.807, 2.05) is 18.2 Å². The number of alkyl halides is 2. The van der Waals surface area contributed by atoms with E-state index >= 15 is 0 Å². The molecule has 7 heteroatoms. The third-order valence-electron chi connectivity index (χ3n) is 4.13. The molecule has 1 atom stereocenters. The Morgan fingerprint density at radius 3 is 2.41 bits per heavy atom. The van der Waals surface area contributed by atoms with E-state index < -0.39 is 29.8 Å². The van der Waals surface area contributed by atoms with E-state index in [-0.39, 0.29) is 17.2 Å². The summed E-state index contributed by atoms with van der Waals surface area (Å²) in [5, 5.41) is 2.57. The largest absolute Gasteiger partial charge is 0.431 e. The summed E-state index contributed by atoms with van der Waals surface area (Å²) >= 11 is 0. The number of halogens is 3. The number of hydrogen-bond donors (Lipinski definition) is 1. The third-order valence-corrected chi connectivity index (χ3v) is 4.13. The molecule has 0 radical (unpaired) electrons. The number of hydrogen-bond acceptors (Lipinski definition) is 3. The summed E-state index contributed by atoms with van der Waals surface area (Å²) in [5.74, 6) is -1.35. The Bertz CT molecular complexity index is 955. The highest BCUT2D eigenvalue weighted by Gasteiger charge is 2.23. The molecular weight excluding hydrogens is 357 g/mol. The summed E-state index contributed by atoms with van der Waals surface area (Å²) < 4.78 is 45.5. The highest BCUT2D eigenvalue weighted by atomic mass is 19.3. The average Bonchev–Trinajstić information content (AvgIpc) is 3.04. The summed E-state index contributed by atoms with van der Waals surface area (Å²) in [5.41, 5.74) is 0.362. The number of nitrogens with zero attached hydrogens (tertiary/aromatic N) is 1. The second-order valence-electron chi connectivity index (χ2n) is 6.05. The maximum atomic E-state index is 14.3.